The van der Waals surface area contributed by atoms with Gasteiger partial charge in [-0.15, -0.1) is 5.10 Å². The van der Waals surface area contributed by atoms with E-state index in [4.69, 9.17) is 5.73 Å². The summed E-state index contributed by atoms with van der Waals surface area (Å²) in [6.45, 7) is 0.262. The van der Waals surface area contributed by atoms with Gasteiger partial charge >= 0.3 is 6.18 Å². The number of rotatable bonds is 4. The minimum Gasteiger partial charge on any atom is -0.324 e. The number of nitrogens with zero attached hydrogens (tertiary/aromatic N) is 4. The molecule has 0 bridgehead atoms. The smallest absolute Gasteiger partial charge is 0.324 e. The maximum Gasteiger partial charge on any atom is 0.389 e. The molecule has 0 aliphatic heterocycles. The van der Waals surface area contributed by atoms with Gasteiger partial charge < -0.3 is 5.73 Å². The van der Waals surface area contributed by atoms with E-state index in [1.807, 2.05) is 0 Å². The third-order valence-electron chi connectivity index (χ3n) is 1.62. The topological polar surface area (TPSA) is 69.6 Å². The van der Waals surface area contributed by atoms with Crippen molar-refractivity contribution in [3.05, 3.63) is 5.82 Å². The van der Waals surface area contributed by atoms with Crippen LogP contribution in [0.15, 0.2) is 0 Å². The number of nitrogens with two attached hydrogens (primary N) is 1. The van der Waals surface area contributed by atoms with Crippen molar-refractivity contribution in [1.29, 1.82) is 0 Å². The second-order valence-electron chi connectivity index (χ2n) is 2.74. The summed E-state index contributed by atoms with van der Waals surface area (Å²) >= 11 is 0. The summed E-state index contributed by atoms with van der Waals surface area (Å²) in [7, 11) is 0. The van der Waals surface area contributed by atoms with Crippen LogP contribution in [0.25, 0.3) is 0 Å². The van der Waals surface area contributed by atoms with Crippen LogP contribution in [0.3, 0.4) is 0 Å². The molecule has 0 spiro atoms. The molecule has 0 fully saturated rings. The number of aryl methyl sites for hydroxylation is 1. The van der Waals surface area contributed by atoms with E-state index in [1.165, 1.54) is 4.68 Å². The largest absolute Gasteiger partial charge is 0.389 e. The maximum atomic E-state index is 11.8. The molecule has 1 heterocycles. The van der Waals surface area contributed by atoms with Crippen LogP contribution in [0.4, 0.5) is 13.2 Å². The summed E-state index contributed by atoms with van der Waals surface area (Å²) in [4.78, 5) is 0. The maximum absolute atomic E-state index is 11.8. The summed E-state index contributed by atoms with van der Waals surface area (Å²) in [6, 6.07) is 0. The fourth-order valence-electron chi connectivity index (χ4n) is 0.972. The summed E-state index contributed by atoms with van der Waals surface area (Å²) < 4.78 is 36.6. The molecule has 0 aliphatic carbocycles. The van der Waals surface area contributed by atoms with Gasteiger partial charge in [-0.2, -0.15) is 13.2 Å². The number of halogens is 3. The third-order valence-corrected chi connectivity index (χ3v) is 1.62. The lowest BCUT2D eigenvalue weighted by molar-refractivity contribution is -0.136. The van der Waals surface area contributed by atoms with Gasteiger partial charge in [0.2, 0.25) is 0 Å². The van der Waals surface area contributed by atoms with Gasteiger partial charge in [-0.05, 0) is 16.8 Å². The molecule has 0 atom stereocenters. The molecule has 0 unspecified atom stereocenters. The van der Waals surface area contributed by atoms with Crippen molar-refractivity contribution in [2.24, 2.45) is 5.73 Å². The highest BCUT2D eigenvalue weighted by molar-refractivity contribution is 4.77. The van der Waals surface area contributed by atoms with E-state index >= 15 is 0 Å². The molecule has 1 aromatic rings. The lowest BCUT2D eigenvalue weighted by Crippen LogP contribution is -2.13. The molecule has 1 rings (SSSR count). The summed E-state index contributed by atoms with van der Waals surface area (Å²) in [5, 5.41) is 10.4. The molecule has 80 valence electrons. The van der Waals surface area contributed by atoms with Crippen molar-refractivity contribution in [3.63, 3.8) is 0 Å². The Hall–Kier alpha value is -1.18. The van der Waals surface area contributed by atoms with Gasteiger partial charge in [-0.3, -0.25) is 0 Å². The normalized spacial score (nSPS) is 12.0. The molecule has 0 saturated carbocycles. The predicted molar refractivity (Wildman–Crippen MR) is 41.0 cm³/mol. The molecular weight excluding hydrogens is 199 g/mol. The molecule has 0 aromatic carbocycles. The minimum atomic E-state index is -4.13. The van der Waals surface area contributed by atoms with Crippen LogP contribution in [0.5, 0.6) is 0 Å². The number of hydrogen-bond acceptors (Lipinski definition) is 4. The van der Waals surface area contributed by atoms with Crippen LogP contribution < -0.4 is 5.73 Å². The van der Waals surface area contributed by atoms with E-state index in [1.54, 1.807) is 0 Å². The number of tetrazole rings is 1. The highest BCUT2D eigenvalue weighted by atomic mass is 19.4. The minimum absolute atomic E-state index is 0.0401. The Morgan fingerprint density at radius 2 is 2.07 bits per heavy atom. The van der Waals surface area contributed by atoms with Crippen LogP contribution in [0.1, 0.15) is 18.7 Å². The average molecular weight is 209 g/mol. The monoisotopic (exact) mass is 209 g/mol. The molecule has 0 radical (unpaired) electrons. The van der Waals surface area contributed by atoms with Crippen LogP contribution in [0.2, 0.25) is 0 Å². The lowest BCUT2D eigenvalue weighted by atomic mass is 10.3. The van der Waals surface area contributed by atoms with Crippen LogP contribution in [-0.2, 0) is 13.1 Å². The van der Waals surface area contributed by atoms with Crippen molar-refractivity contribution < 1.29 is 13.2 Å². The Morgan fingerprint density at radius 3 is 2.64 bits per heavy atom. The van der Waals surface area contributed by atoms with Crippen LogP contribution in [0, 0.1) is 0 Å². The third kappa shape index (κ3) is 3.29. The van der Waals surface area contributed by atoms with Gasteiger partial charge in [0.1, 0.15) is 0 Å². The summed E-state index contributed by atoms with van der Waals surface area (Å²) in [5.41, 5.74) is 5.27. The predicted octanol–water partition coefficient (Wildman–Crippen LogP) is 0.474. The Bertz CT molecular complexity index is 281. The fourth-order valence-corrected chi connectivity index (χ4v) is 0.972. The van der Waals surface area contributed by atoms with Crippen molar-refractivity contribution in [3.8, 4) is 0 Å². The molecule has 14 heavy (non-hydrogen) atoms. The number of alkyl halides is 3. The molecule has 1 aromatic heterocycles. The second-order valence-corrected chi connectivity index (χ2v) is 2.74. The molecule has 0 saturated heterocycles. The van der Waals surface area contributed by atoms with Gasteiger partial charge in [0.25, 0.3) is 0 Å². The van der Waals surface area contributed by atoms with E-state index in [9.17, 15) is 13.2 Å². The van der Waals surface area contributed by atoms with Crippen LogP contribution in [-0.4, -0.2) is 26.4 Å². The van der Waals surface area contributed by atoms with E-state index in [0.29, 0.717) is 5.82 Å². The first-order valence-corrected chi connectivity index (χ1v) is 4.05. The summed E-state index contributed by atoms with van der Waals surface area (Å²) in [5.74, 6) is 0.396. The van der Waals surface area contributed by atoms with Crippen molar-refractivity contribution in [2.45, 2.75) is 32.1 Å². The van der Waals surface area contributed by atoms with Gasteiger partial charge in [-0.25, -0.2) is 4.68 Å². The lowest BCUT2D eigenvalue weighted by Gasteiger charge is -2.06. The Morgan fingerprint density at radius 1 is 1.36 bits per heavy atom. The van der Waals surface area contributed by atoms with Crippen molar-refractivity contribution >= 4 is 0 Å². The quantitative estimate of drug-likeness (QED) is 0.782. The van der Waals surface area contributed by atoms with E-state index in [-0.39, 0.29) is 19.5 Å². The van der Waals surface area contributed by atoms with E-state index in [0.717, 1.165) is 0 Å². The molecule has 0 aliphatic rings. The number of aromatic nitrogens is 4. The highest BCUT2D eigenvalue weighted by Crippen LogP contribution is 2.21. The SMILES string of the molecule is NCc1nnnn1CCCC(F)(F)F. The standard InChI is InChI=1S/C6H10F3N5/c7-6(8,9)2-1-3-14-5(4-10)11-12-13-14/h1-4,10H2. The fraction of sp³-hybridized carbons (Fsp3) is 0.833. The average Bonchev–Trinajstić information content (AvgIpc) is 2.49. The van der Waals surface area contributed by atoms with Crippen molar-refractivity contribution in [2.75, 3.05) is 0 Å². The molecule has 8 heteroatoms. The van der Waals surface area contributed by atoms with Crippen LogP contribution >= 0.6 is 0 Å². The molecular formula is C6H10F3N5. The van der Waals surface area contributed by atoms with E-state index < -0.39 is 12.6 Å². The first-order valence-electron chi connectivity index (χ1n) is 4.05. The Balaban J connectivity index is 2.38. The molecule has 0 amide bonds. The van der Waals surface area contributed by atoms with Gasteiger partial charge in [0.05, 0.1) is 6.54 Å². The zero-order chi connectivity index (χ0) is 10.6. The van der Waals surface area contributed by atoms with Gasteiger partial charge in [0, 0.05) is 13.0 Å². The Labute approximate surface area is 78.1 Å². The first kappa shape index (κ1) is 10.9. The zero-order valence-corrected chi connectivity index (χ0v) is 7.33. The Kier molecular flexibility index (Phi) is 3.39. The summed E-state index contributed by atoms with van der Waals surface area (Å²) in [6.07, 6.45) is -5.00. The highest BCUT2D eigenvalue weighted by Gasteiger charge is 2.26. The van der Waals surface area contributed by atoms with Gasteiger partial charge in [-0.1, -0.05) is 0 Å². The molecule has 2 N–H and O–H groups in total. The first-order chi connectivity index (χ1) is 6.53. The van der Waals surface area contributed by atoms with Gasteiger partial charge in [0.15, 0.2) is 5.82 Å². The van der Waals surface area contributed by atoms with E-state index in [2.05, 4.69) is 15.5 Å². The zero-order valence-electron chi connectivity index (χ0n) is 7.33. The second kappa shape index (κ2) is 4.36. The number of hydrogen-bond donors (Lipinski definition) is 1. The molecule has 5 nitrogen and oxygen atoms in total. The van der Waals surface area contributed by atoms with Crippen molar-refractivity contribution in [1.82, 2.24) is 20.2 Å².